The highest BCUT2D eigenvalue weighted by Gasteiger charge is 2.24. The van der Waals surface area contributed by atoms with E-state index in [0.29, 0.717) is 30.8 Å². The van der Waals surface area contributed by atoms with Gasteiger partial charge >= 0.3 is 0 Å². The van der Waals surface area contributed by atoms with E-state index in [1.807, 2.05) is 24.3 Å². The average molecular weight is 338 g/mol. The lowest BCUT2D eigenvalue weighted by atomic mass is 9.86. The minimum absolute atomic E-state index is 0.0115. The number of rotatable bonds is 2. The maximum atomic E-state index is 12.8. The van der Waals surface area contributed by atoms with Crippen LogP contribution in [0.3, 0.4) is 0 Å². The molecule has 25 heavy (non-hydrogen) atoms. The fraction of sp³-hybridized carbons (Fsp3) is 0.368. The summed E-state index contributed by atoms with van der Waals surface area (Å²) in [7, 11) is 0. The number of hydrogen-bond acceptors (Lipinski definition) is 4. The number of carbonyl (C=O) groups is 2. The predicted octanol–water partition coefficient (Wildman–Crippen LogP) is 2.07. The molecule has 0 atom stereocenters. The molecule has 0 saturated carbocycles. The van der Waals surface area contributed by atoms with Crippen molar-refractivity contribution in [3.63, 3.8) is 0 Å². The Labute approximate surface area is 147 Å². The molecule has 2 aromatic rings. The zero-order valence-electron chi connectivity index (χ0n) is 14.7. The molecule has 1 aromatic heterocycles. The highest BCUT2D eigenvalue weighted by atomic mass is 16.2. The Balaban J connectivity index is 1.80. The third kappa shape index (κ3) is 3.52. The number of aromatic nitrogens is 2. The number of hydrogen-bond donors (Lipinski definition) is 1. The zero-order valence-corrected chi connectivity index (χ0v) is 14.7. The van der Waals surface area contributed by atoms with Crippen LogP contribution in [0.15, 0.2) is 30.5 Å². The van der Waals surface area contributed by atoms with Crippen molar-refractivity contribution in [3.8, 4) is 0 Å². The lowest BCUT2D eigenvalue weighted by Gasteiger charge is -2.28. The monoisotopic (exact) mass is 338 g/mol. The molecule has 0 unspecified atom stereocenters. The van der Waals surface area contributed by atoms with E-state index in [1.165, 1.54) is 5.56 Å². The second-order valence-electron chi connectivity index (χ2n) is 7.33. The molecule has 1 aliphatic rings. The van der Waals surface area contributed by atoms with Gasteiger partial charge in [0.1, 0.15) is 0 Å². The van der Waals surface area contributed by atoms with Crippen LogP contribution in [0.2, 0.25) is 0 Å². The van der Waals surface area contributed by atoms with Gasteiger partial charge in [-0.1, -0.05) is 32.9 Å². The van der Waals surface area contributed by atoms with Gasteiger partial charge in [-0.3, -0.25) is 9.59 Å². The van der Waals surface area contributed by atoms with Gasteiger partial charge in [-0.15, -0.1) is 0 Å². The number of nitrogens with two attached hydrogens (primary N) is 1. The summed E-state index contributed by atoms with van der Waals surface area (Å²) in [5.74, 6) is -0.711. The quantitative estimate of drug-likeness (QED) is 0.908. The third-order valence-corrected chi connectivity index (χ3v) is 4.45. The molecule has 2 heterocycles. The Morgan fingerprint density at radius 2 is 1.84 bits per heavy atom. The maximum absolute atomic E-state index is 12.8. The van der Waals surface area contributed by atoms with Crippen LogP contribution in [-0.2, 0) is 18.4 Å². The van der Waals surface area contributed by atoms with Crippen LogP contribution >= 0.6 is 0 Å². The molecule has 0 saturated heterocycles. The molecule has 0 bridgehead atoms. The molecule has 6 heteroatoms. The Morgan fingerprint density at radius 3 is 2.44 bits per heavy atom. The first-order valence-electron chi connectivity index (χ1n) is 8.30. The summed E-state index contributed by atoms with van der Waals surface area (Å²) in [6.07, 6.45) is 2.29. The Kier molecular flexibility index (Phi) is 4.29. The van der Waals surface area contributed by atoms with Crippen molar-refractivity contribution in [2.24, 2.45) is 5.73 Å². The number of nitrogens with zero attached hydrogens (tertiary/aromatic N) is 3. The summed E-state index contributed by atoms with van der Waals surface area (Å²) >= 11 is 0. The predicted molar refractivity (Wildman–Crippen MR) is 94.1 cm³/mol. The van der Waals surface area contributed by atoms with Gasteiger partial charge in [0, 0.05) is 18.3 Å². The fourth-order valence-corrected chi connectivity index (χ4v) is 2.89. The van der Waals surface area contributed by atoms with E-state index in [-0.39, 0.29) is 17.1 Å². The molecule has 2 N–H and O–H groups in total. The summed E-state index contributed by atoms with van der Waals surface area (Å²) < 4.78 is 0. The van der Waals surface area contributed by atoms with Crippen LogP contribution in [0.25, 0.3) is 0 Å². The van der Waals surface area contributed by atoms with E-state index >= 15 is 0 Å². The molecular formula is C19H22N4O2. The van der Waals surface area contributed by atoms with E-state index in [4.69, 9.17) is 5.73 Å². The zero-order chi connectivity index (χ0) is 18.2. The highest BCUT2D eigenvalue weighted by Crippen LogP contribution is 2.23. The van der Waals surface area contributed by atoms with Crippen LogP contribution in [0, 0.1) is 0 Å². The number of primary amides is 1. The molecule has 1 aliphatic heterocycles. The number of amides is 2. The van der Waals surface area contributed by atoms with Crippen molar-refractivity contribution in [1.82, 2.24) is 14.9 Å². The normalized spacial score (nSPS) is 14.1. The fourth-order valence-electron chi connectivity index (χ4n) is 2.89. The minimum Gasteiger partial charge on any atom is -0.363 e. The van der Waals surface area contributed by atoms with Crippen LogP contribution in [0.4, 0.5) is 0 Å². The van der Waals surface area contributed by atoms with Gasteiger partial charge in [0.25, 0.3) is 11.8 Å². The summed E-state index contributed by atoms with van der Waals surface area (Å²) in [5, 5.41) is 0. The first-order chi connectivity index (χ1) is 11.8. The molecule has 0 fully saturated rings. The Hall–Kier alpha value is -2.76. The minimum atomic E-state index is -0.663. The summed E-state index contributed by atoms with van der Waals surface area (Å²) in [6.45, 7) is 7.38. The van der Waals surface area contributed by atoms with Crippen LogP contribution in [0.1, 0.15) is 58.6 Å². The lowest BCUT2D eigenvalue weighted by molar-refractivity contribution is 0.0731. The smallest absolute Gasteiger partial charge is 0.286 e. The largest absolute Gasteiger partial charge is 0.363 e. The summed E-state index contributed by atoms with van der Waals surface area (Å²) in [5.41, 5.74) is 8.77. The third-order valence-electron chi connectivity index (χ3n) is 4.45. The van der Waals surface area contributed by atoms with Crippen molar-refractivity contribution in [3.05, 3.63) is 58.7 Å². The number of fused-ring (bicyclic) bond motifs is 1. The van der Waals surface area contributed by atoms with Gasteiger partial charge in [-0.25, -0.2) is 9.97 Å². The molecular weight excluding hydrogens is 316 g/mol. The van der Waals surface area contributed by atoms with E-state index in [1.54, 1.807) is 11.1 Å². The second-order valence-corrected chi connectivity index (χ2v) is 7.33. The van der Waals surface area contributed by atoms with Gasteiger partial charge in [0.2, 0.25) is 5.82 Å². The topological polar surface area (TPSA) is 89.2 Å². The van der Waals surface area contributed by atoms with Crippen LogP contribution in [0.5, 0.6) is 0 Å². The first-order valence-corrected chi connectivity index (χ1v) is 8.30. The van der Waals surface area contributed by atoms with Gasteiger partial charge in [-0.05, 0) is 35.1 Å². The molecule has 2 amide bonds. The molecule has 0 aliphatic carbocycles. The molecule has 1 aromatic carbocycles. The Morgan fingerprint density at radius 1 is 1.16 bits per heavy atom. The lowest BCUT2D eigenvalue weighted by Crippen LogP contribution is -2.37. The molecule has 6 nitrogen and oxygen atoms in total. The van der Waals surface area contributed by atoms with Gasteiger partial charge in [-0.2, -0.15) is 0 Å². The highest BCUT2D eigenvalue weighted by molar-refractivity contribution is 5.94. The van der Waals surface area contributed by atoms with E-state index in [0.717, 1.165) is 5.56 Å². The second kappa shape index (κ2) is 6.27. The van der Waals surface area contributed by atoms with Gasteiger partial charge < -0.3 is 10.6 Å². The SMILES string of the molecule is CC(C)(C)c1ccc(C(=O)N2CCc3cnc(C(N)=O)nc3C2)cc1. The van der Waals surface area contributed by atoms with Crippen LogP contribution in [-0.4, -0.2) is 33.2 Å². The van der Waals surface area contributed by atoms with Crippen molar-refractivity contribution < 1.29 is 9.59 Å². The molecule has 130 valence electrons. The van der Waals surface area contributed by atoms with Crippen LogP contribution < -0.4 is 5.73 Å². The van der Waals surface area contributed by atoms with Crippen molar-refractivity contribution in [1.29, 1.82) is 0 Å². The van der Waals surface area contributed by atoms with E-state index < -0.39 is 5.91 Å². The Bertz CT molecular complexity index is 822. The first kappa shape index (κ1) is 17.1. The average Bonchev–Trinajstić information content (AvgIpc) is 2.59. The van der Waals surface area contributed by atoms with Gasteiger partial charge in [0.05, 0.1) is 12.2 Å². The number of carbonyl (C=O) groups excluding carboxylic acids is 2. The van der Waals surface area contributed by atoms with E-state index in [9.17, 15) is 9.59 Å². The number of benzene rings is 1. The van der Waals surface area contributed by atoms with Crippen molar-refractivity contribution in [2.75, 3.05) is 6.54 Å². The maximum Gasteiger partial charge on any atom is 0.286 e. The molecule has 0 spiro atoms. The van der Waals surface area contributed by atoms with Crippen molar-refractivity contribution in [2.45, 2.75) is 39.2 Å². The summed E-state index contributed by atoms with van der Waals surface area (Å²) in [4.78, 5) is 33.9. The van der Waals surface area contributed by atoms with Crippen molar-refractivity contribution >= 4 is 11.8 Å². The summed E-state index contributed by atoms with van der Waals surface area (Å²) in [6, 6.07) is 7.73. The molecule has 3 rings (SSSR count). The molecule has 0 radical (unpaired) electrons. The van der Waals surface area contributed by atoms with E-state index in [2.05, 4.69) is 30.7 Å². The van der Waals surface area contributed by atoms with Gasteiger partial charge in [0.15, 0.2) is 0 Å². The standard InChI is InChI=1S/C19H22N4O2/c1-19(2,3)14-6-4-12(5-7-14)18(25)23-9-8-13-10-21-17(16(20)24)22-15(13)11-23/h4-7,10H,8-9,11H2,1-3H3,(H2,20,24).